The van der Waals surface area contributed by atoms with E-state index >= 15 is 0 Å². The number of hydrogen-bond acceptors (Lipinski definition) is 6. The molecule has 0 saturated carbocycles. The van der Waals surface area contributed by atoms with E-state index < -0.39 is 10.0 Å². The Kier molecular flexibility index (Phi) is 6.71. The molecule has 1 saturated heterocycles. The van der Waals surface area contributed by atoms with Crippen molar-refractivity contribution in [2.45, 2.75) is 16.7 Å². The SMILES string of the molecule is COc1ccc(C)cc1NS(=O)(=O)c1ccc(SC)c(C(=O)N2CCOCC2)c1. The molecule has 2 aromatic rings. The summed E-state index contributed by atoms with van der Waals surface area (Å²) in [6, 6.07) is 9.86. The van der Waals surface area contributed by atoms with Crippen molar-refractivity contribution in [3.05, 3.63) is 47.5 Å². The molecule has 7 nitrogen and oxygen atoms in total. The van der Waals surface area contributed by atoms with Crippen LogP contribution in [0.5, 0.6) is 5.75 Å². The van der Waals surface area contributed by atoms with Gasteiger partial charge in [-0.2, -0.15) is 0 Å². The lowest BCUT2D eigenvalue weighted by molar-refractivity contribution is 0.0300. The van der Waals surface area contributed by atoms with Crippen molar-refractivity contribution in [2.24, 2.45) is 0 Å². The third kappa shape index (κ3) is 4.85. The van der Waals surface area contributed by atoms with Crippen molar-refractivity contribution >= 4 is 33.4 Å². The molecule has 0 atom stereocenters. The second-order valence-electron chi connectivity index (χ2n) is 6.58. The van der Waals surface area contributed by atoms with Crippen LogP contribution in [0.25, 0.3) is 0 Å². The van der Waals surface area contributed by atoms with Gasteiger partial charge in [-0.05, 0) is 49.1 Å². The van der Waals surface area contributed by atoms with Crippen molar-refractivity contribution in [1.29, 1.82) is 0 Å². The van der Waals surface area contributed by atoms with Crippen molar-refractivity contribution in [1.82, 2.24) is 4.90 Å². The van der Waals surface area contributed by atoms with Crippen LogP contribution in [-0.2, 0) is 14.8 Å². The van der Waals surface area contributed by atoms with Crippen molar-refractivity contribution < 1.29 is 22.7 Å². The normalized spacial score (nSPS) is 14.5. The van der Waals surface area contributed by atoms with Gasteiger partial charge in [-0.15, -0.1) is 11.8 Å². The summed E-state index contributed by atoms with van der Waals surface area (Å²) in [5.41, 5.74) is 1.62. The van der Waals surface area contributed by atoms with E-state index in [0.717, 1.165) is 10.5 Å². The highest BCUT2D eigenvalue weighted by Crippen LogP contribution is 2.30. The van der Waals surface area contributed by atoms with Crippen molar-refractivity contribution in [3.63, 3.8) is 0 Å². The number of ether oxygens (including phenoxy) is 2. The van der Waals surface area contributed by atoms with Crippen LogP contribution in [0, 0.1) is 6.92 Å². The van der Waals surface area contributed by atoms with Gasteiger partial charge in [0.1, 0.15) is 5.75 Å². The van der Waals surface area contributed by atoms with Crippen LogP contribution in [0.1, 0.15) is 15.9 Å². The van der Waals surface area contributed by atoms with Crippen LogP contribution >= 0.6 is 11.8 Å². The number of carbonyl (C=O) groups is 1. The molecular weight excluding hydrogens is 412 g/mol. The van der Waals surface area contributed by atoms with E-state index in [9.17, 15) is 13.2 Å². The Labute approximate surface area is 175 Å². The zero-order chi connectivity index (χ0) is 21.0. The first kappa shape index (κ1) is 21.5. The number of methoxy groups -OCH3 is 1. The monoisotopic (exact) mass is 436 g/mol. The molecule has 2 aromatic carbocycles. The van der Waals surface area contributed by atoms with Crippen LogP contribution in [0.15, 0.2) is 46.2 Å². The fraction of sp³-hybridized carbons (Fsp3) is 0.350. The zero-order valence-electron chi connectivity index (χ0n) is 16.6. The number of hydrogen-bond donors (Lipinski definition) is 1. The molecule has 0 unspecified atom stereocenters. The first-order valence-electron chi connectivity index (χ1n) is 9.08. The average molecular weight is 437 g/mol. The molecule has 29 heavy (non-hydrogen) atoms. The van der Waals surface area contributed by atoms with Gasteiger partial charge in [0, 0.05) is 18.0 Å². The molecule has 1 fully saturated rings. The molecule has 0 bridgehead atoms. The second kappa shape index (κ2) is 9.06. The summed E-state index contributed by atoms with van der Waals surface area (Å²) in [6.07, 6.45) is 1.86. The first-order valence-corrected chi connectivity index (χ1v) is 11.8. The van der Waals surface area contributed by atoms with E-state index in [1.54, 1.807) is 23.1 Å². The smallest absolute Gasteiger partial charge is 0.262 e. The maximum Gasteiger partial charge on any atom is 0.262 e. The Morgan fingerprint density at radius 2 is 1.90 bits per heavy atom. The van der Waals surface area contributed by atoms with Gasteiger partial charge in [0.15, 0.2) is 0 Å². The topological polar surface area (TPSA) is 84.9 Å². The third-order valence-electron chi connectivity index (χ3n) is 4.61. The fourth-order valence-electron chi connectivity index (χ4n) is 3.06. The number of rotatable bonds is 6. The number of nitrogens with zero attached hydrogens (tertiary/aromatic N) is 1. The number of nitrogens with one attached hydrogen (secondary N) is 1. The standard InChI is InChI=1S/C20H24N2O5S2/c1-14-4-6-18(26-2)17(12-14)21-29(24,25)15-5-7-19(28-3)16(13-15)20(23)22-8-10-27-11-9-22/h4-7,12-13,21H,8-11H2,1-3H3. The van der Waals surface area contributed by atoms with Gasteiger partial charge in [-0.25, -0.2) is 8.42 Å². The third-order valence-corrected chi connectivity index (χ3v) is 6.77. The van der Waals surface area contributed by atoms with Crippen LogP contribution in [0.3, 0.4) is 0 Å². The molecule has 0 radical (unpaired) electrons. The summed E-state index contributed by atoms with van der Waals surface area (Å²) in [5.74, 6) is 0.229. The minimum atomic E-state index is -3.91. The Morgan fingerprint density at radius 1 is 1.17 bits per heavy atom. The molecular formula is C20H24N2O5S2. The molecule has 1 amide bonds. The number of anilines is 1. The van der Waals surface area contributed by atoms with Crippen molar-refractivity contribution in [2.75, 3.05) is 44.4 Å². The van der Waals surface area contributed by atoms with Gasteiger partial charge in [0.05, 0.1) is 36.5 Å². The zero-order valence-corrected chi connectivity index (χ0v) is 18.2. The highest BCUT2D eigenvalue weighted by Gasteiger charge is 2.24. The summed E-state index contributed by atoms with van der Waals surface area (Å²) in [5, 5.41) is 0. The Bertz CT molecular complexity index is 1000. The van der Waals surface area contributed by atoms with Gasteiger partial charge >= 0.3 is 0 Å². The molecule has 0 aliphatic carbocycles. The quantitative estimate of drug-likeness (QED) is 0.701. The van der Waals surface area contributed by atoms with E-state index in [-0.39, 0.29) is 10.8 Å². The van der Waals surface area contributed by atoms with E-state index in [0.29, 0.717) is 43.3 Å². The molecule has 1 N–H and O–H groups in total. The largest absolute Gasteiger partial charge is 0.495 e. The summed E-state index contributed by atoms with van der Waals surface area (Å²) in [6.45, 7) is 3.80. The lowest BCUT2D eigenvalue weighted by atomic mass is 10.2. The summed E-state index contributed by atoms with van der Waals surface area (Å²) in [4.78, 5) is 15.4. The Hall–Kier alpha value is -2.23. The predicted molar refractivity (Wildman–Crippen MR) is 113 cm³/mol. The Morgan fingerprint density at radius 3 is 2.55 bits per heavy atom. The van der Waals surface area contributed by atoms with E-state index in [4.69, 9.17) is 9.47 Å². The number of thioether (sulfide) groups is 1. The van der Waals surface area contributed by atoms with Gasteiger partial charge in [-0.3, -0.25) is 9.52 Å². The first-order chi connectivity index (χ1) is 13.9. The summed E-state index contributed by atoms with van der Waals surface area (Å²) < 4.78 is 39.2. The van der Waals surface area contributed by atoms with Gasteiger partial charge in [0.25, 0.3) is 15.9 Å². The second-order valence-corrected chi connectivity index (χ2v) is 9.11. The summed E-state index contributed by atoms with van der Waals surface area (Å²) >= 11 is 1.41. The van der Waals surface area contributed by atoms with Crippen LogP contribution in [0.2, 0.25) is 0 Å². The molecule has 1 heterocycles. The molecule has 0 aromatic heterocycles. The molecule has 1 aliphatic heterocycles. The van der Waals surface area contributed by atoms with Gasteiger partial charge in [-0.1, -0.05) is 6.07 Å². The molecule has 1 aliphatic rings. The molecule has 9 heteroatoms. The van der Waals surface area contributed by atoms with Crippen LogP contribution in [0.4, 0.5) is 5.69 Å². The van der Waals surface area contributed by atoms with Gasteiger partial charge in [0.2, 0.25) is 0 Å². The summed E-state index contributed by atoms with van der Waals surface area (Å²) in [7, 11) is -2.43. The lowest BCUT2D eigenvalue weighted by Gasteiger charge is -2.27. The number of aryl methyl sites for hydroxylation is 1. The number of carbonyl (C=O) groups excluding carboxylic acids is 1. The average Bonchev–Trinajstić information content (AvgIpc) is 2.73. The van der Waals surface area contributed by atoms with Crippen LogP contribution < -0.4 is 9.46 Å². The Balaban J connectivity index is 1.95. The highest BCUT2D eigenvalue weighted by atomic mass is 32.2. The van der Waals surface area contributed by atoms with Crippen molar-refractivity contribution in [3.8, 4) is 5.75 Å². The highest BCUT2D eigenvalue weighted by molar-refractivity contribution is 7.98. The van der Waals surface area contributed by atoms with Gasteiger partial charge < -0.3 is 14.4 Å². The molecule has 0 spiro atoms. The lowest BCUT2D eigenvalue weighted by Crippen LogP contribution is -2.41. The number of benzene rings is 2. The van der Waals surface area contributed by atoms with E-state index in [1.165, 1.54) is 31.0 Å². The fourth-order valence-corrected chi connectivity index (χ4v) is 4.72. The number of sulfonamides is 1. The maximum absolute atomic E-state index is 13.0. The maximum atomic E-state index is 13.0. The minimum Gasteiger partial charge on any atom is -0.495 e. The van der Waals surface area contributed by atoms with E-state index in [2.05, 4.69) is 4.72 Å². The number of morpholine rings is 1. The van der Waals surface area contributed by atoms with E-state index in [1.807, 2.05) is 19.2 Å². The number of amides is 1. The minimum absolute atomic E-state index is 0.0236. The molecule has 156 valence electrons. The predicted octanol–water partition coefficient (Wildman–Crippen LogP) is 3.00. The molecule has 3 rings (SSSR count). The van der Waals surface area contributed by atoms with Crippen LogP contribution in [-0.4, -0.2) is 58.9 Å².